The van der Waals surface area contributed by atoms with Gasteiger partial charge in [-0.25, -0.2) is 0 Å². The molecule has 0 spiro atoms. The predicted molar refractivity (Wildman–Crippen MR) is 109 cm³/mol. The number of nitrogens with zero attached hydrogens (tertiary/aromatic N) is 3. The zero-order chi connectivity index (χ0) is 19.6. The van der Waals surface area contributed by atoms with Gasteiger partial charge < -0.3 is 19.1 Å². The van der Waals surface area contributed by atoms with Crippen molar-refractivity contribution in [1.82, 2.24) is 14.5 Å². The minimum absolute atomic E-state index is 0.604. The van der Waals surface area contributed by atoms with Gasteiger partial charge in [-0.1, -0.05) is 6.07 Å². The summed E-state index contributed by atoms with van der Waals surface area (Å²) in [5.74, 6) is 1.49. The fraction of sp³-hybridized carbons (Fsp3) is 0.409. The van der Waals surface area contributed by atoms with E-state index in [4.69, 9.17) is 9.47 Å². The lowest BCUT2D eigenvalue weighted by Gasteiger charge is -2.38. The molecule has 2 aromatic heterocycles. The first kappa shape index (κ1) is 18.8. The van der Waals surface area contributed by atoms with Crippen LogP contribution in [0.5, 0.6) is 11.5 Å². The lowest BCUT2D eigenvalue weighted by Crippen LogP contribution is -2.46. The number of aliphatic hydroxyl groups is 1. The van der Waals surface area contributed by atoms with Crippen molar-refractivity contribution in [3.8, 4) is 11.5 Å². The van der Waals surface area contributed by atoms with Crippen molar-refractivity contribution in [3.63, 3.8) is 0 Å². The molecule has 1 fully saturated rings. The van der Waals surface area contributed by atoms with Gasteiger partial charge in [-0.2, -0.15) is 0 Å². The van der Waals surface area contributed by atoms with Crippen LogP contribution in [0, 0.1) is 0 Å². The molecular formula is C22H27N3O3. The molecule has 3 heterocycles. The highest BCUT2D eigenvalue weighted by atomic mass is 16.5. The molecule has 148 valence electrons. The summed E-state index contributed by atoms with van der Waals surface area (Å²) in [6.45, 7) is 3.17. The molecule has 1 aromatic carbocycles. The number of ether oxygens (including phenoxy) is 2. The van der Waals surface area contributed by atoms with E-state index in [0.717, 1.165) is 54.9 Å². The molecule has 1 aliphatic heterocycles. The van der Waals surface area contributed by atoms with Crippen LogP contribution in [0.1, 0.15) is 18.4 Å². The molecule has 1 N–H and O–H groups in total. The van der Waals surface area contributed by atoms with E-state index < -0.39 is 5.60 Å². The van der Waals surface area contributed by atoms with Gasteiger partial charge in [0.2, 0.25) is 0 Å². The maximum Gasteiger partial charge on any atom is 0.161 e. The summed E-state index contributed by atoms with van der Waals surface area (Å²) in [5, 5.41) is 12.3. The van der Waals surface area contributed by atoms with Crippen molar-refractivity contribution in [2.45, 2.75) is 31.5 Å². The van der Waals surface area contributed by atoms with Crippen LogP contribution in [0.25, 0.3) is 10.9 Å². The topological polar surface area (TPSA) is 59.8 Å². The lowest BCUT2D eigenvalue weighted by atomic mass is 9.91. The Labute approximate surface area is 165 Å². The Balaban J connectivity index is 1.39. The maximum absolute atomic E-state index is 11.1. The fourth-order valence-electron chi connectivity index (χ4n) is 4.01. The zero-order valence-corrected chi connectivity index (χ0v) is 16.5. The Morgan fingerprint density at radius 2 is 1.86 bits per heavy atom. The largest absolute Gasteiger partial charge is 0.493 e. The van der Waals surface area contributed by atoms with Crippen LogP contribution < -0.4 is 9.47 Å². The van der Waals surface area contributed by atoms with Gasteiger partial charge in [0, 0.05) is 37.4 Å². The third kappa shape index (κ3) is 3.84. The Kier molecular flexibility index (Phi) is 5.24. The monoisotopic (exact) mass is 381 g/mol. The summed E-state index contributed by atoms with van der Waals surface area (Å²) >= 11 is 0. The molecule has 0 saturated carbocycles. The maximum atomic E-state index is 11.1. The van der Waals surface area contributed by atoms with Crippen molar-refractivity contribution < 1.29 is 14.6 Å². The van der Waals surface area contributed by atoms with E-state index in [2.05, 4.69) is 26.6 Å². The second-order valence-corrected chi connectivity index (χ2v) is 7.57. The SMILES string of the molecule is COc1ccc(CN2CCC(O)(Cn3ccc4ccncc43)CC2)cc1OC. The molecule has 0 bridgehead atoms. The predicted octanol–water partition coefficient (Wildman–Crippen LogP) is 3.08. The van der Waals surface area contributed by atoms with Gasteiger partial charge in [-0.3, -0.25) is 9.88 Å². The molecule has 28 heavy (non-hydrogen) atoms. The number of fused-ring (bicyclic) bond motifs is 1. The van der Waals surface area contributed by atoms with Crippen LogP contribution in [-0.2, 0) is 13.1 Å². The summed E-state index contributed by atoms with van der Waals surface area (Å²) in [4.78, 5) is 6.60. The number of pyridine rings is 1. The van der Waals surface area contributed by atoms with Crippen molar-refractivity contribution in [1.29, 1.82) is 0 Å². The molecule has 0 aliphatic carbocycles. The molecular weight excluding hydrogens is 354 g/mol. The Bertz CT molecular complexity index is 945. The van der Waals surface area contributed by atoms with Gasteiger partial charge in [-0.15, -0.1) is 0 Å². The first-order valence-corrected chi connectivity index (χ1v) is 9.65. The second-order valence-electron chi connectivity index (χ2n) is 7.57. The van der Waals surface area contributed by atoms with E-state index in [1.54, 1.807) is 20.4 Å². The number of methoxy groups -OCH3 is 2. The summed E-state index contributed by atoms with van der Waals surface area (Å²) in [7, 11) is 3.30. The average Bonchev–Trinajstić information content (AvgIpc) is 3.12. The molecule has 1 aliphatic rings. The minimum Gasteiger partial charge on any atom is -0.493 e. The number of hydrogen-bond acceptors (Lipinski definition) is 5. The Hall–Kier alpha value is -2.57. The zero-order valence-electron chi connectivity index (χ0n) is 16.5. The molecule has 0 radical (unpaired) electrons. The van der Waals surface area contributed by atoms with E-state index in [9.17, 15) is 5.11 Å². The minimum atomic E-state index is -0.685. The van der Waals surface area contributed by atoms with E-state index in [1.165, 1.54) is 5.56 Å². The molecule has 4 rings (SSSR count). The van der Waals surface area contributed by atoms with Crippen molar-refractivity contribution in [2.24, 2.45) is 0 Å². The highest BCUT2D eigenvalue weighted by molar-refractivity contribution is 5.78. The average molecular weight is 381 g/mol. The van der Waals surface area contributed by atoms with E-state index in [-0.39, 0.29) is 0 Å². The van der Waals surface area contributed by atoms with Gasteiger partial charge >= 0.3 is 0 Å². The Morgan fingerprint density at radius 3 is 2.61 bits per heavy atom. The van der Waals surface area contributed by atoms with Gasteiger partial charge in [-0.05, 0) is 42.7 Å². The van der Waals surface area contributed by atoms with Crippen LogP contribution in [0.3, 0.4) is 0 Å². The normalized spacial score (nSPS) is 17.0. The quantitative estimate of drug-likeness (QED) is 0.711. The molecule has 3 aromatic rings. The van der Waals surface area contributed by atoms with Crippen LogP contribution in [-0.4, -0.2) is 52.5 Å². The molecule has 0 atom stereocenters. The van der Waals surface area contributed by atoms with Crippen LogP contribution >= 0.6 is 0 Å². The number of piperidine rings is 1. The highest BCUT2D eigenvalue weighted by Crippen LogP contribution is 2.30. The van der Waals surface area contributed by atoms with Gasteiger partial charge in [0.05, 0.1) is 38.1 Å². The summed E-state index contributed by atoms with van der Waals surface area (Å²) < 4.78 is 12.8. The lowest BCUT2D eigenvalue weighted by molar-refractivity contribution is -0.0349. The highest BCUT2D eigenvalue weighted by Gasteiger charge is 2.33. The van der Waals surface area contributed by atoms with Crippen LogP contribution in [0.2, 0.25) is 0 Å². The molecule has 6 nitrogen and oxygen atoms in total. The first-order valence-electron chi connectivity index (χ1n) is 9.65. The van der Waals surface area contributed by atoms with Gasteiger partial charge in [0.1, 0.15) is 0 Å². The third-order valence-corrected chi connectivity index (χ3v) is 5.68. The first-order chi connectivity index (χ1) is 13.6. The molecule has 0 amide bonds. The van der Waals surface area contributed by atoms with Gasteiger partial charge in [0.25, 0.3) is 0 Å². The molecule has 6 heteroatoms. The van der Waals surface area contributed by atoms with Crippen LogP contribution in [0.15, 0.2) is 48.9 Å². The molecule has 1 saturated heterocycles. The van der Waals surface area contributed by atoms with E-state index in [1.807, 2.05) is 30.6 Å². The fourth-order valence-corrected chi connectivity index (χ4v) is 4.01. The molecule has 0 unspecified atom stereocenters. The van der Waals surface area contributed by atoms with E-state index in [0.29, 0.717) is 6.54 Å². The van der Waals surface area contributed by atoms with Crippen molar-refractivity contribution in [3.05, 3.63) is 54.5 Å². The van der Waals surface area contributed by atoms with Gasteiger partial charge in [0.15, 0.2) is 11.5 Å². The third-order valence-electron chi connectivity index (χ3n) is 5.68. The summed E-state index contributed by atoms with van der Waals surface area (Å²) in [5.41, 5.74) is 1.57. The van der Waals surface area contributed by atoms with Crippen molar-refractivity contribution >= 4 is 10.9 Å². The standard InChI is InChI=1S/C22H27N3O3/c1-27-20-4-3-17(13-21(20)28-2)15-24-11-7-22(26,8-12-24)16-25-10-6-18-5-9-23-14-19(18)25/h3-6,9-10,13-14,26H,7-8,11-12,15-16H2,1-2H3. The van der Waals surface area contributed by atoms with Crippen molar-refractivity contribution in [2.75, 3.05) is 27.3 Å². The number of aromatic nitrogens is 2. The summed E-state index contributed by atoms with van der Waals surface area (Å²) in [6, 6.07) is 10.1. The van der Waals surface area contributed by atoms with Crippen LogP contribution in [0.4, 0.5) is 0 Å². The number of benzene rings is 1. The Morgan fingerprint density at radius 1 is 1.07 bits per heavy atom. The number of likely N-dealkylation sites (tertiary alicyclic amines) is 1. The second kappa shape index (κ2) is 7.81. The number of hydrogen-bond donors (Lipinski definition) is 1. The smallest absolute Gasteiger partial charge is 0.161 e. The van der Waals surface area contributed by atoms with E-state index >= 15 is 0 Å². The number of rotatable bonds is 6. The summed E-state index contributed by atoms with van der Waals surface area (Å²) in [6.07, 6.45) is 7.21.